The van der Waals surface area contributed by atoms with Gasteiger partial charge in [0.2, 0.25) is 0 Å². The van der Waals surface area contributed by atoms with E-state index in [-0.39, 0.29) is 32.1 Å². The summed E-state index contributed by atoms with van der Waals surface area (Å²) in [4.78, 5) is 54.3. The smallest absolute Gasteiger partial charge is 0.462 e. The topological polar surface area (TPSA) is 296 Å². The predicted octanol–water partition coefficient (Wildman–Crippen LogP) is 7.00. The van der Waals surface area contributed by atoms with Crippen molar-refractivity contribution in [3.05, 3.63) is 60.8 Å². The van der Waals surface area contributed by atoms with Gasteiger partial charge in [-0.2, -0.15) is 0 Å². The first-order chi connectivity index (χ1) is 31.9. The van der Waals surface area contributed by atoms with Crippen molar-refractivity contribution < 1.29 is 87.1 Å². The summed E-state index contributed by atoms with van der Waals surface area (Å²) in [5.41, 5.74) is 0. The highest BCUT2D eigenvalue weighted by atomic mass is 31.2. The van der Waals surface area contributed by atoms with E-state index in [1.54, 1.807) is 6.08 Å². The molecule has 0 bridgehead atoms. The molecule has 9 N–H and O–H groups in total. The molecule has 0 amide bonds. The summed E-state index contributed by atoms with van der Waals surface area (Å²) >= 11 is 0. The van der Waals surface area contributed by atoms with Gasteiger partial charge >= 0.3 is 27.6 Å². The molecule has 0 heterocycles. The van der Waals surface area contributed by atoms with Crippen molar-refractivity contribution >= 4 is 27.6 Å². The fourth-order valence-electron chi connectivity index (χ4n) is 6.86. The predicted molar refractivity (Wildman–Crippen MR) is 253 cm³/mol. The minimum absolute atomic E-state index is 0.0251. The lowest BCUT2D eigenvalue weighted by Gasteiger charge is -2.43. The molecule has 18 nitrogen and oxygen atoms in total. The van der Waals surface area contributed by atoms with Gasteiger partial charge in [0, 0.05) is 12.8 Å². The molecule has 20 heteroatoms. The molecule has 1 aliphatic carbocycles. The van der Waals surface area contributed by atoms with Gasteiger partial charge in [-0.3, -0.25) is 23.2 Å². The Morgan fingerprint density at radius 3 is 1.57 bits per heavy atom. The standard InChI is InChI=1S/C47H82O18P2/c1-3-5-7-9-11-13-15-17-18-19-21-23-25-27-29-33-40(50)61-35-37(36-62-67(59,60)65-47-44(54)42(52)43(53)46(45(47)55)64-66(56,57)58)63-41(51)34-30-32-39(49)38(48)31-28-26-24-22-20-16-14-12-10-8-6-4-2/h11-14,17-18,20,22,26,28,37-39,42-49,52-55H,3-10,15-16,19,21,23-25,27,29-36H2,1-2H3,(H,59,60)(H2,56,57,58)/b13-11-,14-12-,18-17-,22-20-,28-26-/t37-,38?,39?,42?,43?,44?,45?,46-,47+/m1/s1. The summed E-state index contributed by atoms with van der Waals surface area (Å²) in [6, 6.07) is 0. The highest BCUT2D eigenvalue weighted by molar-refractivity contribution is 7.47. The summed E-state index contributed by atoms with van der Waals surface area (Å²) in [5.74, 6) is -1.51. The van der Waals surface area contributed by atoms with E-state index in [2.05, 4.69) is 60.9 Å². The third kappa shape index (κ3) is 31.5. The second-order valence-corrected chi connectivity index (χ2v) is 19.4. The van der Waals surface area contributed by atoms with Crippen LogP contribution in [0, 0.1) is 0 Å². The molecule has 0 spiro atoms. The van der Waals surface area contributed by atoms with Crippen LogP contribution in [0.3, 0.4) is 0 Å². The molecule has 388 valence electrons. The SMILES string of the molecule is CCCCC/C=C\C/C=C\C/C=C\CC(O)C(O)CCCC(=O)O[C@H](COC(=O)CCCCCCC/C=C\C/C=C\CCCCC)COP(=O)(O)O[C@H]1C(O)C(O)C(O)[C@@H](OP(=O)(O)O)C1O. The normalized spacial score (nSPS) is 22.9. The Kier molecular flexibility index (Phi) is 35.0. The average Bonchev–Trinajstić information content (AvgIpc) is 3.28. The number of aliphatic hydroxyl groups excluding tert-OH is 6. The number of phosphoric acid groups is 2. The summed E-state index contributed by atoms with van der Waals surface area (Å²) in [6.45, 7) is 2.79. The lowest BCUT2D eigenvalue weighted by Crippen LogP contribution is -2.64. The largest absolute Gasteiger partial charge is 0.472 e. The number of hydrogen-bond acceptors (Lipinski definition) is 15. The fourth-order valence-corrected chi connectivity index (χ4v) is 8.40. The molecule has 1 aliphatic rings. The molecular weight excluding hydrogens is 914 g/mol. The van der Waals surface area contributed by atoms with Gasteiger partial charge in [0.15, 0.2) is 6.10 Å². The number of rotatable bonds is 39. The molecule has 0 aliphatic heterocycles. The molecule has 7 unspecified atom stereocenters. The number of carbonyl (C=O) groups is 2. The van der Waals surface area contributed by atoms with Crippen molar-refractivity contribution in [2.24, 2.45) is 0 Å². The minimum atomic E-state index is -5.40. The number of hydrogen-bond donors (Lipinski definition) is 9. The maximum absolute atomic E-state index is 13.0. The minimum Gasteiger partial charge on any atom is -0.462 e. The molecule has 67 heavy (non-hydrogen) atoms. The van der Waals surface area contributed by atoms with E-state index in [0.29, 0.717) is 12.8 Å². The van der Waals surface area contributed by atoms with E-state index in [4.69, 9.17) is 18.5 Å². The first kappa shape index (κ1) is 62.6. The highest BCUT2D eigenvalue weighted by Crippen LogP contribution is 2.49. The van der Waals surface area contributed by atoms with Gasteiger partial charge < -0.3 is 54.8 Å². The number of aliphatic hydroxyl groups is 6. The fraction of sp³-hybridized carbons (Fsp3) is 0.745. The van der Waals surface area contributed by atoms with Crippen LogP contribution < -0.4 is 0 Å². The summed E-state index contributed by atoms with van der Waals surface area (Å²) in [6.07, 6.45) is 20.4. The van der Waals surface area contributed by atoms with Crippen LogP contribution in [-0.2, 0) is 41.8 Å². The van der Waals surface area contributed by atoms with Crippen LogP contribution >= 0.6 is 15.6 Å². The third-order valence-corrected chi connectivity index (χ3v) is 12.3. The summed E-state index contributed by atoms with van der Waals surface area (Å²) < 4.78 is 49.2. The molecule has 0 saturated heterocycles. The van der Waals surface area contributed by atoms with Crippen LogP contribution in [0.2, 0.25) is 0 Å². The third-order valence-electron chi connectivity index (χ3n) is 10.8. The number of unbranched alkanes of at least 4 members (excludes halogenated alkanes) is 11. The lowest BCUT2D eigenvalue weighted by molar-refractivity contribution is -0.216. The molecule has 0 radical (unpaired) electrons. The molecule has 1 rings (SSSR count). The zero-order valence-electron chi connectivity index (χ0n) is 39.5. The molecule has 1 saturated carbocycles. The molecule has 0 aromatic rings. The molecule has 1 fully saturated rings. The number of phosphoric ester groups is 2. The van der Waals surface area contributed by atoms with Crippen molar-refractivity contribution in [1.82, 2.24) is 0 Å². The lowest BCUT2D eigenvalue weighted by atomic mass is 9.85. The second kappa shape index (κ2) is 37.4. The van der Waals surface area contributed by atoms with Crippen LogP contribution in [-0.4, -0.2) is 125 Å². The van der Waals surface area contributed by atoms with E-state index < -0.39 is 95.7 Å². The number of allylic oxidation sites excluding steroid dienone is 9. The van der Waals surface area contributed by atoms with Crippen LogP contribution in [0.5, 0.6) is 0 Å². The van der Waals surface area contributed by atoms with Crippen molar-refractivity contribution in [3.8, 4) is 0 Å². The first-order valence-corrected chi connectivity index (χ1v) is 27.0. The maximum Gasteiger partial charge on any atom is 0.472 e. The molecule has 0 aromatic carbocycles. The van der Waals surface area contributed by atoms with Gasteiger partial charge in [-0.15, -0.1) is 0 Å². The van der Waals surface area contributed by atoms with E-state index in [9.17, 15) is 64.0 Å². The Labute approximate surface area is 397 Å². The van der Waals surface area contributed by atoms with Crippen LogP contribution in [0.25, 0.3) is 0 Å². The van der Waals surface area contributed by atoms with Crippen LogP contribution in [0.1, 0.15) is 155 Å². The number of ether oxygens (including phenoxy) is 2. The van der Waals surface area contributed by atoms with Crippen molar-refractivity contribution in [2.45, 2.75) is 210 Å². The Hall–Kier alpha value is -2.38. The Morgan fingerprint density at radius 2 is 1.01 bits per heavy atom. The zero-order chi connectivity index (χ0) is 49.9. The molecular formula is C47H82O18P2. The van der Waals surface area contributed by atoms with Crippen molar-refractivity contribution in [2.75, 3.05) is 13.2 Å². The summed E-state index contributed by atoms with van der Waals surface area (Å²) in [7, 11) is -10.8. The van der Waals surface area contributed by atoms with Crippen LogP contribution in [0.15, 0.2) is 60.8 Å². The monoisotopic (exact) mass is 996 g/mol. The van der Waals surface area contributed by atoms with Gasteiger partial charge in [-0.05, 0) is 83.5 Å². The summed E-state index contributed by atoms with van der Waals surface area (Å²) in [5, 5.41) is 62.1. The average molecular weight is 997 g/mol. The number of carbonyl (C=O) groups excluding carboxylic acids is 2. The van der Waals surface area contributed by atoms with E-state index >= 15 is 0 Å². The van der Waals surface area contributed by atoms with E-state index in [0.717, 1.165) is 57.8 Å². The zero-order valence-corrected chi connectivity index (χ0v) is 41.3. The molecule has 10 atom stereocenters. The Morgan fingerprint density at radius 1 is 0.537 bits per heavy atom. The van der Waals surface area contributed by atoms with Crippen molar-refractivity contribution in [3.63, 3.8) is 0 Å². The maximum atomic E-state index is 13.0. The van der Waals surface area contributed by atoms with Gasteiger partial charge in [0.25, 0.3) is 0 Å². The van der Waals surface area contributed by atoms with Crippen LogP contribution in [0.4, 0.5) is 0 Å². The number of esters is 2. The Balaban J connectivity index is 2.72. The van der Waals surface area contributed by atoms with Gasteiger partial charge in [0.1, 0.15) is 43.2 Å². The quantitative estimate of drug-likeness (QED) is 0.0130. The molecule has 0 aromatic heterocycles. The van der Waals surface area contributed by atoms with Crippen molar-refractivity contribution in [1.29, 1.82) is 0 Å². The second-order valence-electron chi connectivity index (χ2n) is 16.8. The van der Waals surface area contributed by atoms with Gasteiger partial charge in [-0.1, -0.05) is 120 Å². The van der Waals surface area contributed by atoms with E-state index in [1.807, 2.05) is 12.2 Å². The van der Waals surface area contributed by atoms with Gasteiger partial charge in [-0.25, -0.2) is 9.13 Å². The van der Waals surface area contributed by atoms with Gasteiger partial charge in [0.05, 0.1) is 18.8 Å². The van der Waals surface area contributed by atoms with E-state index in [1.165, 1.54) is 38.5 Å². The highest BCUT2D eigenvalue weighted by Gasteiger charge is 2.54. The first-order valence-electron chi connectivity index (χ1n) is 24.0. The Bertz CT molecular complexity index is 1560.